The third kappa shape index (κ3) is 5.03. The van der Waals surface area contributed by atoms with Gasteiger partial charge in [0.25, 0.3) is 0 Å². The van der Waals surface area contributed by atoms with Gasteiger partial charge >= 0.3 is 0 Å². The van der Waals surface area contributed by atoms with E-state index in [1.165, 1.54) is 45.2 Å². The van der Waals surface area contributed by atoms with Gasteiger partial charge in [-0.25, -0.2) is 0 Å². The largest absolute Gasteiger partial charge is 0.454 e. The van der Waals surface area contributed by atoms with E-state index in [0.29, 0.717) is 44.0 Å². The number of hydrogen-bond acceptors (Lipinski definition) is 6. The molecule has 0 unspecified atom stereocenters. The predicted octanol–water partition coefficient (Wildman–Crippen LogP) is 2.50. The van der Waals surface area contributed by atoms with Crippen LogP contribution in [0.5, 0.6) is 11.5 Å². The number of piperidine rings is 2. The van der Waals surface area contributed by atoms with Gasteiger partial charge in [0.05, 0.1) is 12.5 Å². The molecule has 0 aliphatic carbocycles. The second-order valence-electron chi connectivity index (χ2n) is 10.1. The number of rotatable bonds is 8. The molecule has 3 fully saturated rings. The van der Waals surface area contributed by atoms with Crippen molar-refractivity contribution in [1.82, 2.24) is 14.7 Å². The van der Waals surface area contributed by atoms with Gasteiger partial charge in [0.2, 0.25) is 18.6 Å². The maximum Gasteiger partial charge on any atom is 0.231 e. The Labute approximate surface area is 202 Å². The Bertz CT molecular complexity index is 891. The zero-order valence-electron chi connectivity index (χ0n) is 20.2. The Balaban J connectivity index is 1.23. The molecule has 2 amide bonds. The highest BCUT2D eigenvalue weighted by molar-refractivity contribution is 5.89. The van der Waals surface area contributed by atoms with Gasteiger partial charge in [-0.2, -0.15) is 0 Å². The first-order chi connectivity index (χ1) is 16.6. The smallest absolute Gasteiger partial charge is 0.231 e. The normalized spacial score (nSPS) is 26.6. The van der Waals surface area contributed by atoms with Gasteiger partial charge in [-0.15, -0.1) is 0 Å². The fraction of sp³-hybridized carbons (Fsp3) is 0.692. The van der Waals surface area contributed by atoms with E-state index in [2.05, 4.69) is 4.90 Å². The van der Waals surface area contributed by atoms with E-state index in [0.717, 1.165) is 17.9 Å². The second kappa shape index (κ2) is 10.5. The van der Waals surface area contributed by atoms with Crippen LogP contribution in [0.3, 0.4) is 0 Å². The summed E-state index contributed by atoms with van der Waals surface area (Å²) in [6.07, 6.45) is 6.49. The SMILES string of the molecule is COCCN(C[C@@H]1CCCN2CCCC[C@H]12)C(=O)[C@H]1CC(=O)N(Cc2ccc3c(c2)OCO3)C1. The first-order valence-corrected chi connectivity index (χ1v) is 12.8. The summed E-state index contributed by atoms with van der Waals surface area (Å²) in [5.74, 6) is 1.82. The summed E-state index contributed by atoms with van der Waals surface area (Å²) in [6.45, 7) is 5.45. The van der Waals surface area contributed by atoms with Crippen molar-refractivity contribution in [3.63, 3.8) is 0 Å². The summed E-state index contributed by atoms with van der Waals surface area (Å²) in [5.41, 5.74) is 0.988. The molecule has 8 heteroatoms. The molecule has 8 nitrogen and oxygen atoms in total. The monoisotopic (exact) mass is 471 g/mol. The number of amides is 2. The van der Waals surface area contributed by atoms with E-state index in [1.807, 2.05) is 23.1 Å². The number of fused-ring (bicyclic) bond motifs is 2. The van der Waals surface area contributed by atoms with E-state index in [9.17, 15) is 9.59 Å². The number of likely N-dealkylation sites (tertiary alicyclic amines) is 1. The first kappa shape index (κ1) is 23.4. The van der Waals surface area contributed by atoms with Crippen LogP contribution in [0.25, 0.3) is 0 Å². The van der Waals surface area contributed by atoms with Crippen molar-refractivity contribution in [2.45, 2.75) is 51.1 Å². The molecule has 0 radical (unpaired) electrons. The van der Waals surface area contributed by atoms with Gasteiger partial charge in [-0.05, 0) is 62.4 Å². The van der Waals surface area contributed by atoms with Gasteiger partial charge in [0, 0.05) is 45.8 Å². The molecule has 4 aliphatic rings. The number of benzene rings is 1. The number of nitrogens with zero attached hydrogens (tertiary/aromatic N) is 3. The highest BCUT2D eigenvalue weighted by Crippen LogP contribution is 2.34. The zero-order valence-corrected chi connectivity index (χ0v) is 20.2. The molecular formula is C26H37N3O5. The van der Waals surface area contributed by atoms with Gasteiger partial charge in [0.15, 0.2) is 11.5 Å². The lowest BCUT2D eigenvalue weighted by atomic mass is 9.83. The van der Waals surface area contributed by atoms with Gasteiger partial charge in [-0.1, -0.05) is 12.5 Å². The fourth-order valence-electron chi connectivity index (χ4n) is 6.17. The molecular weight excluding hydrogens is 434 g/mol. The number of carbonyl (C=O) groups excluding carboxylic acids is 2. The highest BCUT2D eigenvalue weighted by Gasteiger charge is 2.39. The van der Waals surface area contributed by atoms with Crippen molar-refractivity contribution in [2.24, 2.45) is 11.8 Å². The molecule has 1 aromatic rings. The Kier molecular flexibility index (Phi) is 7.25. The molecule has 186 valence electrons. The van der Waals surface area contributed by atoms with Crippen molar-refractivity contribution in [3.8, 4) is 11.5 Å². The van der Waals surface area contributed by atoms with Crippen molar-refractivity contribution in [1.29, 1.82) is 0 Å². The van der Waals surface area contributed by atoms with Crippen LogP contribution < -0.4 is 9.47 Å². The minimum Gasteiger partial charge on any atom is -0.454 e. The number of methoxy groups -OCH3 is 1. The van der Waals surface area contributed by atoms with Crippen molar-refractivity contribution >= 4 is 11.8 Å². The van der Waals surface area contributed by atoms with E-state index >= 15 is 0 Å². The number of hydrogen-bond donors (Lipinski definition) is 0. The van der Waals surface area contributed by atoms with E-state index < -0.39 is 0 Å². The van der Waals surface area contributed by atoms with E-state index in [-0.39, 0.29) is 30.9 Å². The summed E-state index contributed by atoms with van der Waals surface area (Å²) >= 11 is 0. The Morgan fingerprint density at radius 3 is 2.88 bits per heavy atom. The van der Waals surface area contributed by atoms with Crippen LogP contribution >= 0.6 is 0 Å². The maximum absolute atomic E-state index is 13.6. The maximum atomic E-state index is 13.6. The first-order valence-electron chi connectivity index (χ1n) is 12.8. The second-order valence-corrected chi connectivity index (χ2v) is 10.1. The van der Waals surface area contributed by atoms with Crippen molar-refractivity contribution < 1.29 is 23.8 Å². The van der Waals surface area contributed by atoms with Gasteiger partial charge in [-0.3, -0.25) is 9.59 Å². The summed E-state index contributed by atoms with van der Waals surface area (Å²) in [6, 6.07) is 6.36. The van der Waals surface area contributed by atoms with Crippen LogP contribution in [0.15, 0.2) is 18.2 Å². The molecule has 3 atom stereocenters. The van der Waals surface area contributed by atoms with Crippen molar-refractivity contribution in [3.05, 3.63) is 23.8 Å². The lowest BCUT2D eigenvalue weighted by Gasteiger charge is -2.46. The third-order valence-electron chi connectivity index (χ3n) is 7.93. The topological polar surface area (TPSA) is 71.6 Å². The summed E-state index contributed by atoms with van der Waals surface area (Å²) in [4.78, 5) is 32.9. The minimum absolute atomic E-state index is 0.0406. The molecule has 0 saturated carbocycles. The lowest BCUT2D eigenvalue weighted by molar-refractivity contribution is -0.137. The Morgan fingerprint density at radius 1 is 1.15 bits per heavy atom. The standard InChI is InChI=1S/C26H37N3O5/c1-32-12-11-28(16-20-5-4-10-27-9-3-2-6-22(20)27)26(31)21-14-25(30)29(17-21)15-19-7-8-23-24(13-19)34-18-33-23/h7-8,13,20-22H,2-6,9-12,14-18H2,1H3/t20-,21-,22+/m0/s1. The average molecular weight is 472 g/mol. The minimum atomic E-state index is -0.288. The number of ether oxygens (including phenoxy) is 3. The molecule has 3 saturated heterocycles. The van der Waals surface area contributed by atoms with Crippen molar-refractivity contribution in [2.75, 3.05) is 53.2 Å². The fourth-order valence-corrected chi connectivity index (χ4v) is 6.17. The molecule has 0 aromatic heterocycles. The molecule has 5 rings (SSSR count). The van der Waals surface area contributed by atoms with Crippen LogP contribution in [-0.2, 0) is 20.9 Å². The molecule has 34 heavy (non-hydrogen) atoms. The average Bonchev–Trinajstić information content (AvgIpc) is 3.47. The molecule has 4 heterocycles. The van der Waals surface area contributed by atoms with Gasteiger partial charge < -0.3 is 28.9 Å². The number of carbonyl (C=O) groups is 2. The Morgan fingerprint density at radius 2 is 2.00 bits per heavy atom. The lowest BCUT2D eigenvalue weighted by Crippen LogP contribution is -2.52. The van der Waals surface area contributed by atoms with Gasteiger partial charge in [0.1, 0.15) is 0 Å². The summed E-state index contributed by atoms with van der Waals surface area (Å²) in [5, 5.41) is 0. The molecule has 1 aromatic carbocycles. The third-order valence-corrected chi connectivity index (χ3v) is 7.93. The van der Waals surface area contributed by atoms with Crippen LogP contribution in [0.4, 0.5) is 0 Å². The van der Waals surface area contributed by atoms with Crippen LogP contribution in [-0.4, -0.2) is 85.8 Å². The molecule has 0 spiro atoms. The van der Waals surface area contributed by atoms with E-state index in [4.69, 9.17) is 14.2 Å². The summed E-state index contributed by atoms with van der Waals surface area (Å²) in [7, 11) is 1.68. The Hall–Kier alpha value is -2.32. The van der Waals surface area contributed by atoms with E-state index in [1.54, 1.807) is 12.0 Å². The highest BCUT2D eigenvalue weighted by atomic mass is 16.7. The summed E-state index contributed by atoms with van der Waals surface area (Å²) < 4.78 is 16.2. The van der Waals surface area contributed by atoms with Crippen LogP contribution in [0.2, 0.25) is 0 Å². The molecule has 0 bridgehead atoms. The van der Waals surface area contributed by atoms with Crippen LogP contribution in [0.1, 0.15) is 44.1 Å². The quantitative estimate of drug-likeness (QED) is 0.580. The van der Waals surface area contributed by atoms with Crippen LogP contribution in [0, 0.1) is 11.8 Å². The molecule has 0 N–H and O–H groups in total. The molecule has 4 aliphatic heterocycles. The zero-order chi connectivity index (χ0) is 23.5. The predicted molar refractivity (Wildman–Crippen MR) is 126 cm³/mol.